The van der Waals surface area contributed by atoms with Crippen molar-refractivity contribution in [2.45, 2.75) is 6.54 Å². The van der Waals surface area contributed by atoms with Crippen molar-refractivity contribution in [3.8, 4) is 22.6 Å². The molecule has 0 bridgehead atoms. The molecule has 8 nitrogen and oxygen atoms in total. The number of aryl methyl sites for hydroxylation is 1. The number of rotatable bonds is 5. The molecule has 0 unspecified atom stereocenters. The third-order valence-corrected chi connectivity index (χ3v) is 4.38. The van der Waals surface area contributed by atoms with Gasteiger partial charge in [-0.3, -0.25) is 9.48 Å². The largest absolute Gasteiger partial charge is 0.309 e. The summed E-state index contributed by atoms with van der Waals surface area (Å²) in [5.41, 5.74) is 2.20. The highest BCUT2D eigenvalue weighted by Gasteiger charge is 2.13. The molecule has 0 aliphatic heterocycles. The van der Waals surface area contributed by atoms with E-state index in [2.05, 4.69) is 25.8 Å². The molecule has 0 aliphatic carbocycles. The highest BCUT2D eigenvalue weighted by molar-refractivity contribution is 6.30. The Morgan fingerprint density at radius 1 is 1.07 bits per heavy atom. The number of benzene rings is 2. The SMILES string of the molecule is Cn1nc(-c2ccc(Cl)cc2)cc1NC(=O)Cn1nnc(-c2ccc(F)cc2)n1. The molecule has 0 fully saturated rings. The van der Waals surface area contributed by atoms with E-state index in [0.717, 1.165) is 5.56 Å². The van der Waals surface area contributed by atoms with Crippen LogP contribution in [0.25, 0.3) is 22.6 Å². The Morgan fingerprint density at radius 2 is 1.76 bits per heavy atom. The van der Waals surface area contributed by atoms with Crippen molar-refractivity contribution < 1.29 is 9.18 Å². The minimum absolute atomic E-state index is 0.129. The van der Waals surface area contributed by atoms with Crippen LogP contribution in [0.3, 0.4) is 0 Å². The van der Waals surface area contributed by atoms with Crippen LogP contribution in [0.2, 0.25) is 5.02 Å². The summed E-state index contributed by atoms with van der Waals surface area (Å²) in [6, 6.07) is 14.7. The number of amides is 1. The van der Waals surface area contributed by atoms with Crippen molar-refractivity contribution in [2.24, 2.45) is 7.05 Å². The van der Waals surface area contributed by atoms with Crippen molar-refractivity contribution >= 4 is 23.3 Å². The first-order valence-corrected chi connectivity index (χ1v) is 8.99. The number of carbonyl (C=O) groups is 1. The molecule has 10 heteroatoms. The van der Waals surface area contributed by atoms with Crippen LogP contribution in [-0.2, 0) is 18.4 Å². The van der Waals surface area contributed by atoms with Gasteiger partial charge in [-0.25, -0.2) is 4.39 Å². The number of hydrogen-bond acceptors (Lipinski definition) is 5. The zero-order chi connectivity index (χ0) is 20.4. The Hall–Kier alpha value is -3.59. The van der Waals surface area contributed by atoms with Crippen molar-refractivity contribution in [1.29, 1.82) is 0 Å². The molecule has 0 atom stereocenters. The van der Waals surface area contributed by atoms with Crippen molar-refractivity contribution in [1.82, 2.24) is 30.0 Å². The van der Waals surface area contributed by atoms with Crippen LogP contribution in [0.1, 0.15) is 0 Å². The fraction of sp³-hybridized carbons (Fsp3) is 0.105. The molecule has 1 N–H and O–H groups in total. The van der Waals surface area contributed by atoms with E-state index in [1.54, 1.807) is 42.1 Å². The number of nitrogens with zero attached hydrogens (tertiary/aromatic N) is 6. The van der Waals surface area contributed by atoms with Crippen LogP contribution in [0.5, 0.6) is 0 Å². The first-order valence-electron chi connectivity index (χ1n) is 8.61. The van der Waals surface area contributed by atoms with Gasteiger partial charge in [0.05, 0.1) is 5.69 Å². The Bertz CT molecular complexity index is 1150. The maximum atomic E-state index is 13.0. The Kier molecular flexibility index (Phi) is 5.05. The highest BCUT2D eigenvalue weighted by Crippen LogP contribution is 2.23. The molecule has 0 saturated heterocycles. The first-order chi connectivity index (χ1) is 14.0. The number of halogens is 2. The third-order valence-electron chi connectivity index (χ3n) is 4.13. The summed E-state index contributed by atoms with van der Waals surface area (Å²) >= 11 is 5.91. The van der Waals surface area contributed by atoms with E-state index in [1.165, 1.54) is 16.9 Å². The van der Waals surface area contributed by atoms with Gasteiger partial charge in [0, 0.05) is 29.3 Å². The second-order valence-electron chi connectivity index (χ2n) is 6.24. The van der Waals surface area contributed by atoms with Gasteiger partial charge in [-0.05, 0) is 41.6 Å². The van der Waals surface area contributed by atoms with Gasteiger partial charge >= 0.3 is 0 Å². The van der Waals surface area contributed by atoms with Gasteiger partial charge < -0.3 is 5.32 Å². The maximum absolute atomic E-state index is 13.0. The number of anilines is 1. The van der Waals surface area contributed by atoms with E-state index < -0.39 is 0 Å². The Morgan fingerprint density at radius 3 is 2.48 bits per heavy atom. The lowest BCUT2D eigenvalue weighted by Crippen LogP contribution is -2.21. The van der Waals surface area contributed by atoms with Crippen LogP contribution in [0.4, 0.5) is 10.2 Å². The molecular formula is C19H15ClFN7O. The molecule has 0 radical (unpaired) electrons. The van der Waals surface area contributed by atoms with Crippen LogP contribution in [-0.4, -0.2) is 35.9 Å². The molecule has 146 valence electrons. The van der Waals surface area contributed by atoms with Crippen molar-refractivity contribution in [2.75, 3.05) is 5.32 Å². The van der Waals surface area contributed by atoms with E-state index in [4.69, 9.17) is 11.6 Å². The lowest BCUT2D eigenvalue weighted by Gasteiger charge is -2.03. The number of aromatic nitrogens is 6. The highest BCUT2D eigenvalue weighted by atomic mass is 35.5. The summed E-state index contributed by atoms with van der Waals surface area (Å²) in [5, 5.41) is 19.7. The van der Waals surface area contributed by atoms with Gasteiger partial charge in [-0.1, -0.05) is 23.7 Å². The van der Waals surface area contributed by atoms with Gasteiger partial charge in [-0.15, -0.1) is 10.2 Å². The minimum atomic E-state index is -0.352. The summed E-state index contributed by atoms with van der Waals surface area (Å²) in [5.74, 6) is 0.149. The summed E-state index contributed by atoms with van der Waals surface area (Å²) in [7, 11) is 1.73. The predicted octanol–water partition coefficient (Wildman–Crippen LogP) is 3.17. The van der Waals surface area contributed by atoms with Crippen LogP contribution in [0, 0.1) is 5.82 Å². The van der Waals surface area contributed by atoms with Gasteiger partial charge in [-0.2, -0.15) is 9.90 Å². The Balaban J connectivity index is 1.44. The summed E-state index contributed by atoms with van der Waals surface area (Å²) in [6.45, 7) is -0.129. The lowest BCUT2D eigenvalue weighted by molar-refractivity contribution is -0.117. The van der Waals surface area contributed by atoms with Gasteiger partial charge in [0.25, 0.3) is 0 Å². The number of nitrogens with one attached hydrogen (secondary N) is 1. The summed E-state index contributed by atoms with van der Waals surface area (Å²) in [4.78, 5) is 13.5. The molecule has 4 rings (SSSR count). The zero-order valence-corrected chi connectivity index (χ0v) is 16.0. The topological polar surface area (TPSA) is 90.5 Å². The molecule has 0 aliphatic rings. The van der Waals surface area contributed by atoms with E-state index in [0.29, 0.717) is 27.9 Å². The van der Waals surface area contributed by atoms with Gasteiger partial charge in [0.1, 0.15) is 18.2 Å². The smallest absolute Gasteiger partial charge is 0.249 e. The first kappa shape index (κ1) is 18.8. The van der Waals surface area contributed by atoms with Crippen molar-refractivity contribution in [3.05, 3.63) is 65.4 Å². The predicted molar refractivity (Wildman–Crippen MR) is 105 cm³/mol. The fourth-order valence-electron chi connectivity index (χ4n) is 2.68. The summed E-state index contributed by atoms with van der Waals surface area (Å²) in [6.07, 6.45) is 0. The Labute approximate surface area is 169 Å². The number of hydrogen-bond donors (Lipinski definition) is 1. The molecule has 29 heavy (non-hydrogen) atoms. The fourth-order valence-corrected chi connectivity index (χ4v) is 2.81. The van der Waals surface area contributed by atoms with E-state index in [1.807, 2.05) is 12.1 Å². The monoisotopic (exact) mass is 411 g/mol. The van der Waals surface area contributed by atoms with E-state index >= 15 is 0 Å². The molecule has 1 amide bonds. The lowest BCUT2D eigenvalue weighted by atomic mass is 10.1. The van der Waals surface area contributed by atoms with Crippen LogP contribution in [0.15, 0.2) is 54.6 Å². The van der Waals surface area contributed by atoms with Gasteiger partial charge in [0.15, 0.2) is 0 Å². The third kappa shape index (κ3) is 4.30. The molecule has 0 saturated carbocycles. The molecular weight excluding hydrogens is 397 g/mol. The summed E-state index contributed by atoms with van der Waals surface area (Å²) < 4.78 is 14.6. The maximum Gasteiger partial charge on any atom is 0.249 e. The number of tetrazole rings is 1. The molecule has 0 spiro atoms. The van der Waals surface area contributed by atoms with Crippen LogP contribution < -0.4 is 5.32 Å². The quantitative estimate of drug-likeness (QED) is 0.544. The minimum Gasteiger partial charge on any atom is -0.309 e. The van der Waals surface area contributed by atoms with E-state index in [-0.39, 0.29) is 18.3 Å². The second-order valence-corrected chi connectivity index (χ2v) is 6.68. The normalized spacial score (nSPS) is 10.9. The van der Waals surface area contributed by atoms with Crippen molar-refractivity contribution in [3.63, 3.8) is 0 Å². The average molecular weight is 412 g/mol. The molecule has 2 heterocycles. The molecule has 2 aromatic heterocycles. The zero-order valence-electron chi connectivity index (χ0n) is 15.3. The standard InChI is InChI=1S/C19H15ClFN7O/c1-27-17(10-16(24-27)12-2-6-14(20)7-3-12)22-18(29)11-28-25-19(23-26-28)13-4-8-15(21)9-5-13/h2-10H,11H2,1H3,(H,22,29). The molecule has 2 aromatic carbocycles. The second kappa shape index (κ2) is 7.80. The molecule has 4 aromatic rings. The van der Waals surface area contributed by atoms with Gasteiger partial charge in [0.2, 0.25) is 11.7 Å². The van der Waals surface area contributed by atoms with E-state index in [9.17, 15) is 9.18 Å². The van der Waals surface area contributed by atoms with Crippen LogP contribution >= 0.6 is 11.6 Å². The average Bonchev–Trinajstić information content (AvgIpc) is 3.30. The number of carbonyl (C=O) groups excluding carboxylic acids is 1.